The van der Waals surface area contributed by atoms with E-state index in [1.54, 1.807) is 6.92 Å². The van der Waals surface area contributed by atoms with E-state index in [9.17, 15) is 9.59 Å². The van der Waals surface area contributed by atoms with Gasteiger partial charge in [-0.3, -0.25) is 15.1 Å². The molecule has 7 heteroatoms. The Balaban J connectivity index is 4.40. The quantitative estimate of drug-likeness (QED) is 0.376. The van der Waals surface area contributed by atoms with Gasteiger partial charge in [-0.25, -0.2) is 4.79 Å². The van der Waals surface area contributed by atoms with E-state index < -0.39 is 12.0 Å². The Hall–Kier alpha value is -2.05. The number of ether oxygens (including phenoxy) is 2. The Kier molecular flexibility index (Phi) is 7.16. The third-order valence-electron chi connectivity index (χ3n) is 1.58. The molecule has 7 nitrogen and oxygen atoms in total. The zero-order chi connectivity index (χ0) is 13.3. The van der Waals surface area contributed by atoms with Gasteiger partial charge in [-0.15, -0.1) is 0 Å². The lowest BCUT2D eigenvalue weighted by atomic mass is 10.4. The molecule has 0 spiro atoms. The fraction of sp³-hybridized carbons (Fsp3) is 0.500. The van der Waals surface area contributed by atoms with Crippen molar-refractivity contribution in [2.45, 2.75) is 6.92 Å². The predicted molar refractivity (Wildman–Crippen MR) is 61.7 cm³/mol. The Morgan fingerprint density at radius 2 is 2.06 bits per heavy atom. The zero-order valence-electron chi connectivity index (χ0n) is 9.77. The number of hydrogen-bond acceptors (Lipinski definition) is 5. The number of amides is 2. The summed E-state index contributed by atoms with van der Waals surface area (Å²) < 4.78 is 9.61. The second kappa shape index (κ2) is 8.14. The average Bonchev–Trinajstić information content (AvgIpc) is 2.24. The van der Waals surface area contributed by atoms with Gasteiger partial charge in [0.2, 0.25) is 11.8 Å². The van der Waals surface area contributed by atoms with E-state index in [0.717, 1.165) is 4.90 Å². The number of carbonyl (C=O) groups excluding carboxylic acids is 2. The van der Waals surface area contributed by atoms with Crippen molar-refractivity contribution >= 4 is 17.9 Å². The molecule has 0 bridgehead atoms. The lowest BCUT2D eigenvalue weighted by Gasteiger charge is -2.20. The van der Waals surface area contributed by atoms with Crippen molar-refractivity contribution in [3.63, 3.8) is 0 Å². The van der Waals surface area contributed by atoms with Crippen LogP contribution in [-0.4, -0.2) is 49.1 Å². The van der Waals surface area contributed by atoms with Crippen LogP contribution in [0.4, 0.5) is 4.79 Å². The molecule has 0 fully saturated rings. The van der Waals surface area contributed by atoms with Crippen molar-refractivity contribution in [3.8, 4) is 0 Å². The molecule has 0 aromatic carbocycles. The average molecular weight is 243 g/mol. The molecule has 3 N–H and O–H groups in total. The van der Waals surface area contributed by atoms with Crippen LogP contribution in [0.2, 0.25) is 0 Å². The Morgan fingerprint density at radius 3 is 2.53 bits per heavy atom. The number of nitrogens with one attached hydrogen (secondary N) is 1. The minimum Gasteiger partial charge on any atom is -0.480 e. The Bertz CT molecular complexity index is 304. The molecule has 0 aliphatic carbocycles. The minimum absolute atomic E-state index is 0.0239. The summed E-state index contributed by atoms with van der Waals surface area (Å²) in [5.41, 5.74) is 4.99. The van der Waals surface area contributed by atoms with Gasteiger partial charge in [0.05, 0.1) is 6.61 Å². The van der Waals surface area contributed by atoms with E-state index in [1.807, 2.05) is 0 Å². The molecule has 0 aliphatic heterocycles. The van der Waals surface area contributed by atoms with Crippen LogP contribution in [0.25, 0.3) is 0 Å². The van der Waals surface area contributed by atoms with Crippen LogP contribution in [0.15, 0.2) is 12.7 Å². The highest BCUT2D eigenvalue weighted by molar-refractivity contribution is 5.85. The number of rotatable bonds is 7. The lowest BCUT2D eigenvalue weighted by Crippen LogP contribution is -2.42. The Labute approximate surface area is 99.7 Å². The summed E-state index contributed by atoms with van der Waals surface area (Å²) >= 11 is 0. The third-order valence-corrected chi connectivity index (χ3v) is 1.58. The molecule has 17 heavy (non-hydrogen) atoms. The predicted octanol–water partition coefficient (Wildman–Crippen LogP) is 0.110. The fourth-order valence-corrected chi connectivity index (χ4v) is 0.988. The van der Waals surface area contributed by atoms with Crippen molar-refractivity contribution in [1.82, 2.24) is 4.90 Å². The van der Waals surface area contributed by atoms with Crippen molar-refractivity contribution in [3.05, 3.63) is 12.7 Å². The molecule has 0 saturated heterocycles. The van der Waals surface area contributed by atoms with Gasteiger partial charge in [0.15, 0.2) is 0 Å². The summed E-state index contributed by atoms with van der Waals surface area (Å²) in [6.07, 6.45) is 0.655. The van der Waals surface area contributed by atoms with Crippen LogP contribution in [0.1, 0.15) is 6.92 Å². The second-order valence-corrected chi connectivity index (χ2v) is 3.04. The van der Waals surface area contributed by atoms with Crippen LogP contribution in [-0.2, 0) is 14.3 Å². The summed E-state index contributed by atoms with van der Waals surface area (Å²) in [6, 6.07) is 0. The molecule has 0 radical (unpaired) electrons. The molecular weight excluding hydrogens is 226 g/mol. The molecule has 0 rings (SSSR count). The second-order valence-electron chi connectivity index (χ2n) is 3.04. The number of hydrogen-bond donors (Lipinski definition) is 2. The van der Waals surface area contributed by atoms with Crippen LogP contribution in [0.3, 0.4) is 0 Å². The molecule has 0 heterocycles. The van der Waals surface area contributed by atoms with E-state index in [-0.39, 0.29) is 25.6 Å². The number of nitrogens with zero attached hydrogens (tertiary/aromatic N) is 1. The highest BCUT2D eigenvalue weighted by atomic mass is 16.6. The fourth-order valence-electron chi connectivity index (χ4n) is 0.988. The lowest BCUT2D eigenvalue weighted by molar-refractivity contribution is -0.118. The van der Waals surface area contributed by atoms with Gasteiger partial charge in [-0.1, -0.05) is 12.7 Å². The zero-order valence-corrected chi connectivity index (χ0v) is 9.77. The van der Waals surface area contributed by atoms with E-state index in [2.05, 4.69) is 6.58 Å². The van der Waals surface area contributed by atoms with Crippen molar-refractivity contribution in [2.75, 3.05) is 26.3 Å². The normalized spacial score (nSPS) is 9.24. The summed E-state index contributed by atoms with van der Waals surface area (Å²) in [7, 11) is 0. The standard InChI is InChI=1S/C10H17N3O4/c1-3-5-17-10(15)13(6-8(11)14)7-9(12)16-4-2/h3,12H,1,4-7H2,2H3,(H2,11,14). The van der Waals surface area contributed by atoms with Gasteiger partial charge in [0.1, 0.15) is 19.7 Å². The molecular formula is C10H17N3O4. The third kappa shape index (κ3) is 6.93. The van der Waals surface area contributed by atoms with Gasteiger partial charge in [0.25, 0.3) is 0 Å². The summed E-state index contributed by atoms with van der Waals surface area (Å²) in [6.45, 7) is 4.95. The number of nitrogens with two attached hydrogens (primary N) is 1. The molecule has 0 aromatic rings. The van der Waals surface area contributed by atoms with Gasteiger partial charge in [0, 0.05) is 0 Å². The van der Waals surface area contributed by atoms with E-state index in [4.69, 9.17) is 20.6 Å². The first kappa shape index (κ1) is 14.9. The summed E-state index contributed by atoms with van der Waals surface area (Å²) in [5.74, 6) is -0.825. The Morgan fingerprint density at radius 1 is 1.41 bits per heavy atom. The van der Waals surface area contributed by atoms with Gasteiger partial charge >= 0.3 is 6.09 Å². The first-order valence-electron chi connectivity index (χ1n) is 5.02. The van der Waals surface area contributed by atoms with E-state index >= 15 is 0 Å². The molecule has 0 atom stereocenters. The van der Waals surface area contributed by atoms with Crippen LogP contribution < -0.4 is 5.73 Å². The highest BCUT2D eigenvalue weighted by Crippen LogP contribution is 1.96. The molecule has 0 aromatic heterocycles. The maximum absolute atomic E-state index is 11.5. The monoisotopic (exact) mass is 243 g/mol. The molecule has 2 amide bonds. The summed E-state index contributed by atoms with van der Waals surface area (Å²) in [5, 5.41) is 7.39. The molecule has 0 unspecified atom stereocenters. The summed E-state index contributed by atoms with van der Waals surface area (Å²) in [4.78, 5) is 23.2. The molecule has 0 saturated carbocycles. The SMILES string of the molecule is C=CCOC(=O)N(CC(=N)OCC)CC(N)=O. The van der Waals surface area contributed by atoms with Gasteiger partial charge < -0.3 is 15.2 Å². The topological polar surface area (TPSA) is 106 Å². The van der Waals surface area contributed by atoms with Crippen molar-refractivity contribution in [2.24, 2.45) is 5.73 Å². The minimum atomic E-state index is -0.742. The van der Waals surface area contributed by atoms with E-state index in [1.165, 1.54) is 6.08 Å². The van der Waals surface area contributed by atoms with E-state index in [0.29, 0.717) is 6.61 Å². The molecule has 0 aliphatic rings. The van der Waals surface area contributed by atoms with Crippen molar-refractivity contribution < 1.29 is 19.1 Å². The van der Waals surface area contributed by atoms with Crippen LogP contribution in [0.5, 0.6) is 0 Å². The largest absolute Gasteiger partial charge is 0.480 e. The number of carbonyl (C=O) groups is 2. The number of primary amides is 1. The first-order valence-corrected chi connectivity index (χ1v) is 5.02. The van der Waals surface area contributed by atoms with Gasteiger partial charge in [-0.2, -0.15) is 0 Å². The van der Waals surface area contributed by atoms with Gasteiger partial charge in [-0.05, 0) is 6.92 Å². The first-order chi connectivity index (χ1) is 8.01. The maximum Gasteiger partial charge on any atom is 0.411 e. The van der Waals surface area contributed by atoms with Crippen molar-refractivity contribution in [1.29, 1.82) is 5.41 Å². The van der Waals surface area contributed by atoms with Crippen LogP contribution >= 0.6 is 0 Å². The maximum atomic E-state index is 11.5. The van der Waals surface area contributed by atoms with Crippen LogP contribution in [0, 0.1) is 5.41 Å². The smallest absolute Gasteiger partial charge is 0.411 e. The molecule has 96 valence electrons. The highest BCUT2D eigenvalue weighted by Gasteiger charge is 2.19.